The monoisotopic (exact) mass is 268 g/mol. The third-order valence-electron chi connectivity index (χ3n) is 2.50. The van der Waals surface area contributed by atoms with E-state index in [2.05, 4.69) is 26.6 Å². The lowest BCUT2D eigenvalue weighted by Gasteiger charge is -2.14. The van der Waals surface area contributed by atoms with Crippen molar-refractivity contribution in [2.45, 2.75) is 12.5 Å². The molecule has 2 rings (SSSR count). The fourth-order valence-electron chi connectivity index (χ4n) is 1.71. The van der Waals surface area contributed by atoms with E-state index in [-0.39, 0.29) is 11.9 Å². The summed E-state index contributed by atoms with van der Waals surface area (Å²) in [6.07, 6.45) is 0.516. The number of nitrogens with one attached hydrogen (secondary N) is 2. The van der Waals surface area contributed by atoms with E-state index in [9.17, 15) is 4.79 Å². The number of halogens is 1. The summed E-state index contributed by atoms with van der Waals surface area (Å²) in [6, 6.07) is 8.22. The van der Waals surface area contributed by atoms with Crippen LogP contribution in [-0.2, 0) is 4.79 Å². The average Bonchev–Trinajstić information content (AvgIpc) is 2.44. The maximum Gasteiger partial charge on any atom is 0.221 e. The summed E-state index contributed by atoms with van der Waals surface area (Å²) in [5.41, 5.74) is 1.16. The molecule has 1 heterocycles. The highest BCUT2D eigenvalue weighted by Gasteiger charge is 2.17. The van der Waals surface area contributed by atoms with Gasteiger partial charge in [-0.1, -0.05) is 28.1 Å². The van der Waals surface area contributed by atoms with E-state index in [1.54, 1.807) is 0 Å². The summed E-state index contributed by atoms with van der Waals surface area (Å²) in [6.45, 7) is 1.54. The van der Waals surface area contributed by atoms with Crippen molar-refractivity contribution in [3.8, 4) is 0 Å². The lowest BCUT2D eigenvalue weighted by molar-refractivity contribution is -0.121. The standard InChI is InChI=1S/C11H13BrN2O/c12-9-3-1-8(2-4-9)10-7-11(15)14-6-5-13-10/h1-4,10,13H,5-7H2,(H,14,15). The number of carbonyl (C=O) groups excluding carboxylic acids is 1. The molecule has 2 N–H and O–H groups in total. The highest BCUT2D eigenvalue weighted by atomic mass is 79.9. The van der Waals surface area contributed by atoms with E-state index in [0.717, 1.165) is 16.6 Å². The van der Waals surface area contributed by atoms with Gasteiger partial charge < -0.3 is 10.6 Å². The minimum atomic E-state index is 0.118. The molecule has 0 saturated carbocycles. The van der Waals surface area contributed by atoms with Crippen LogP contribution in [0.5, 0.6) is 0 Å². The van der Waals surface area contributed by atoms with Crippen LogP contribution >= 0.6 is 15.9 Å². The molecule has 1 aromatic rings. The van der Waals surface area contributed by atoms with Gasteiger partial charge in [-0.25, -0.2) is 0 Å². The Labute approximate surface area is 97.4 Å². The van der Waals surface area contributed by atoms with Crippen LogP contribution < -0.4 is 10.6 Å². The van der Waals surface area contributed by atoms with Crippen molar-refractivity contribution in [2.75, 3.05) is 13.1 Å². The van der Waals surface area contributed by atoms with E-state index in [1.807, 2.05) is 24.3 Å². The summed E-state index contributed by atoms with van der Waals surface area (Å²) in [7, 11) is 0. The van der Waals surface area contributed by atoms with Crippen LogP contribution in [0.1, 0.15) is 18.0 Å². The van der Waals surface area contributed by atoms with Gasteiger partial charge in [-0.2, -0.15) is 0 Å². The van der Waals surface area contributed by atoms with Crippen LogP contribution in [-0.4, -0.2) is 19.0 Å². The van der Waals surface area contributed by atoms with E-state index in [1.165, 1.54) is 0 Å². The molecule has 1 aromatic carbocycles. The molecule has 4 heteroatoms. The predicted molar refractivity (Wildman–Crippen MR) is 62.5 cm³/mol. The predicted octanol–water partition coefficient (Wildman–Crippen LogP) is 1.60. The smallest absolute Gasteiger partial charge is 0.221 e. The number of rotatable bonds is 1. The number of carbonyl (C=O) groups is 1. The van der Waals surface area contributed by atoms with Gasteiger partial charge in [0.1, 0.15) is 0 Å². The van der Waals surface area contributed by atoms with Crippen molar-refractivity contribution in [2.24, 2.45) is 0 Å². The van der Waals surface area contributed by atoms with Crippen LogP contribution in [0, 0.1) is 0 Å². The molecule has 80 valence electrons. The molecule has 1 amide bonds. The molecular formula is C11H13BrN2O. The van der Waals surface area contributed by atoms with Crippen LogP contribution in [0.2, 0.25) is 0 Å². The van der Waals surface area contributed by atoms with Gasteiger partial charge in [0.15, 0.2) is 0 Å². The molecule has 0 aliphatic carbocycles. The van der Waals surface area contributed by atoms with Crippen LogP contribution in [0.3, 0.4) is 0 Å². The molecule has 1 aliphatic rings. The largest absolute Gasteiger partial charge is 0.355 e. The molecule has 0 bridgehead atoms. The SMILES string of the molecule is O=C1CC(c2ccc(Br)cc2)NCCN1. The first-order valence-electron chi connectivity index (χ1n) is 5.01. The van der Waals surface area contributed by atoms with Crippen LogP contribution in [0.4, 0.5) is 0 Å². The first kappa shape index (κ1) is 10.6. The van der Waals surface area contributed by atoms with Gasteiger partial charge in [0.2, 0.25) is 5.91 Å². The van der Waals surface area contributed by atoms with Crippen molar-refractivity contribution >= 4 is 21.8 Å². The molecule has 3 nitrogen and oxygen atoms in total. The normalized spacial score (nSPS) is 21.9. The Morgan fingerprint density at radius 2 is 1.93 bits per heavy atom. The lowest BCUT2D eigenvalue weighted by Crippen LogP contribution is -2.24. The highest BCUT2D eigenvalue weighted by Crippen LogP contribution is 2.20. The number of hydrogen-bond donors (Lipinski definition) is 2. The summed E-state index contributed by atoms with van der Waals surface area (Å²) in [5.74, 6) is 0.118. The fraction of sp³-hybridized carbons (Fsp3) is 0.364. The summed E-state index contributed by atoms with van der Waals surface area (Å²) in [5, 5.41) is 6.19. The van der Waals surface area contributed by atoms with Gasteiger partial charge in [0, 0.05) is 30.0 Å². The Morgan fingerprint density at radius 3 is 2.67 bits per heavy atom. The summed E-state index contributed by atoms with van der Waals surface area (Å²) >= 11 is 3.40. The first-order chi connectivity index (χ1) is 7.25. The number of hydrogen-bond acceptors (Lipinski definition) is 2. The summed E-state index contributed by atoms with van der Waals surface area (Å²) < 4.78 is 1.06. The Hall–Kier alpha value is -0.870. The van der Waals surface area contributed by atoms with Gasteiger partial charge in [-0.15, -0.1) is 0 Å². The minimum absolute atomic E-state index is 0.118. The third-order valence-corrected chi connectivity index (χ3v) is 3.03. The number of benzene rings is 1. The topological polar surface area (TPSA) is 41.1 Å². The second-order valence-corrected chi connectivity index (χ2v) is 4.53. The Morgan fingerprint density at radius 1 is 1.20 bits per heavy atom. The Balaban J connectivity index is 2.14. The van der Waals surface area contributed by atoms with Crippen LogP contribution in [0.15, 0.2) is 28.7 Å². The molecule has 0 aromatic heterocycles. The first-order valence-corrected chi connectivity index (χ1v) is 5.80. The molecule has 1 saturated heterocycles. The van der Waals surface area contributed by atoms with Crippen molar-refractivity contribution in [3.63, 3.8) is 0 Å². The summed E-state index contributed by atoms with van der Waals surface area (Å²) in [4.78, 5) is 11.4. The quantitative estimate of drug-likeness (QED) is 0.813. The fourth-order valence-corrected chi connectivity index (χ4v) is 1.97. The second-order valence-electron chi connectivity index (χ2n) is 3.61. The molecule has 1 atom stereocenters. The van der Waals surface area contributed by atoms with Crippen molar-refractivity contribution < 1.29 is 4.79 Å². The molecule has 15 heavy (non-hydrogen) atoms. The Kier molecular flexibility index (Phi) is 3.38. The zero-order valence-corrected chi connectivity index (χ0v) is 9.88. The van der Waals surface area contributed by atoms with Crippen LogP contribution in [0.25, 0.3) is 0 Å². The van der Waals surface area contributed by atoms with Crippen molar-refractivity contribution in [1.29, 1.82) is 0 Å². The van der Waals surface area contributed by atoms with E-state index in [0.29, 0.717) is 13.0 Å². The van der Waals surface area contributed by atoms with Gasteiger partial charge in [0.05, 0.1) is 0 Å². The molecule has 1 unspecified atom stereocenters. The van der Waals surface area contributed by atoms with Gasteiger partial charge in [0.25, 0.3) is 0 Å². The van der Waals surface area contributed by atoms with Gasteiger partial charge >= 0.3 is 0 Å². The molecule has 1 aliphatic heterocycles. The molecule has 0 radical (unpaired) electrons. The van der Waals surface area contributed by atoms with E-state index in [4.69, 9.17) is 0 Å². The lowest BCUT2D eigenvalue weighted by atomic mass is 10.0. The molecular weight excluding hydrogens is 256 g/mol. The second kappa shape index (κ2) is 4.77. The van der Waals surface area contributed by atoms with E-state index < -0.39 is 0 Å². The highest BCUT2D eigenvalue weighted by molar-refractivity contribution is 9.10. The van der Waals surface area contributed by atoms with E-state index >= 15 is 0 Å². The zero-order valence-electron chi connectivity index (χ0n) is 8.29. The maximum absolute atomic E-state index is 11.4. The van der Waals surface area contributed by atoms with Crippen molar-refractivity contribution in [3.05, 3.63) is 34.3 Å². The number of amides is 1. The average molecular weight is 269 g/mol. The molecule has 1 fully saturated rings. The van der Waals surface area contributed by atoms with Crippen molar-refractivity contribution in [1.82, 2.24) is 10.6 Å². The Bertz CT molecular complexity index is 350. The maximum atomic E-state index is 11.4. The molecule has 0 spiro atoms. The van der Waals surface area contributed by atoms with Gasteiger partial charge in [-0.3, -0.25) is 4.79 Å². The van der Waals surface area contributed by atoms with Gasteiger partial charge in [-0.05, 0) is 17.7 Å². The zero-order chi connectivity index (χ0) is 10.7. The minimum Gasteiger partial charge on any atom is -0.355 e. The third kappa shape index (κ3) is 2.79.